The molecule has 0 spiro atoms. The number of carbonyl (C=O) groups is 2. The van der Waals surface area contributed by atoms with Crippen LogP contribution in [-0.2, 0) is 32.2 Å². The van der Waals surface area contributed by atoms with Crippen molar-refractivity contribution in [3.8, 4) is 0 Å². The highest BCUT2D eigenvalue weighted by Crippen LogP contribution is 2.11. The van der Waals surface area contributed by atoms with Gasteiger partial charge in [0.25, 0.3) is 0 Å². The summed E-state index contributed by atoms with van der Waals surface area (Å²) in [4.78, 5) is 24.5. The molecule has 0 heterocycles. The lowest BCUT2D eigenvalue weighted by Crippen LogP contribution is -2.22. The SMILES string of the molecule is CC(C)OCc1ccc(C(=O)OCC(C)OC(=O)c2ccc(COC(C)C)cc2)cc1. The molecule has 0 radical (unpaired) electrons. The first-order valence-electron chi connectivity index (χ1n) is 10.5. The van der Waals surface area contributed by atoms with Crippen molar-refractivity contribution < 1.29 is 28.5 Å². The van der Waals surface area contributed by atoms with Gasteiger partial charge in [-0.25, -0.2) is 9.59 Å². The van der Waals surface area contributed by atoms with Crippen LogP contribution >= 0.6 is 0 Å². The topological polar surface area (TPSA) is 71.1 Å². The van der Waals surface area contributed by atoms with E-state index in [1.165, 1.54) is 0 Å². The van der Waals surface area contributed by atoms with E-state index >= 15 is 0 Å². The molecule has 31 heavy (non-hydrogen) atoms. The number of rotatable bonds is 11. The molecule has 6 nitrogen and oxygen atoms in total. The number of esters is 2. The van der Waals surface area contributed by atoms with Crippen LogP contribution in [-0.4, -0.2) is 36.9 Å². The average Bonchev–Trinajstić information content (AvgIpc) is 2.75. The molecule has 0 fully saturated rings. The van der Waals surface area contributed by atoms with E-state index in [1.807, 2.05) is 52.0 Å². The highest BCUT2D eigenvalue weighted by molar-refractivity contribution is 5.90. The minimum Gasteiger partial charge on any atom is -0.458 e. The highest BCUT2D eigenvalue weighted by atomic mass is 16.6. The van der Waals surface area contributed by atoms with Crippen LogP contribution in [0.1, 0.15) is 66.5 Å². The Labute approximate surface area is 184 Å². The summed E-state index contributed by atoms with van der Waals surface area (Å²) >= 11 is 0. The second kappa shape index (κ2) is 12.2. The van der Waals surface area contributed by atoms with Gasteiger partial charge in [-0.1, -0.05) is 24.3 Å². The van der Waals surface area contributed by atoms with Gasteiger partial charge in [0.15, 0.2) is 0 Å². The molecule has 0 bridgehead atoms. The van der Waals surface area contributed by atoms with Crippen molar-refractivity contribution in [2.24, 2.45) is 0 Å². The van der Waals surface area contributed by atoms with E-state index in [0.717, 1.165) is 11.1 Å². The van der Waals surface area contributed by atoms with Crippen molar-refractivity contribution >= 4 is 11.9 Å². The van der Waals surface area contributed by atoms with Crippen LogP contribution in [0.25, 0.3) is 0 Å². The van der Waals surface area contributed by atoms with Gasteiger partial charge in [0.05, 0.1) is 36.5 Å². The highest BCUT2D eigenvalue weighted by Gasteiger charge is 2.15. The lowest BCUT2D eigenvalue weighted by Gasteiger charge is -2.14. The van der Waals surface area contributed by atoms with Crippen molar-refractivity contribution in [1.82, 2.24) is 0 Å². The Morgan fingerprint density at radius 3 is 1.52 bits per heavy atom. The molecule has 0 aromatic heterocycles. The van der Waals surface area contributed by atoms with Gasteiger partial charge in [0, 0.05) is 0 Å². The molecule has 1 unspecified atom stereocenters. The van der Waals surface area contributed by atoms with Crippen LogP contribution < -0.4 is 0 Å². The molecule has 2 aromatic carbocycles. The van der Waals surface area contributed by atoms with Gasteiger partial charge < -0.3 is 18.9 Å². The Balaban J connectivity index is 1.78. The van der Waals surface area contributed by atoms with Crippen molar-refractivity contribution in [3.05, 3.63) is 70.8 Å². The van der Waals surface area contributed by atoms with Gasteiger partial charge in [0.2, 0.25) is 0 Å². The first-order chi connectivity index (χ1) is 14.7. The zero-order chi connectivity index (χ0) is 22.8. The zero-order valence-corrected chi connectivity index (χ0v) is 18.9. The molecular weight excluding hydrogens is 396 g/mol. The fraction of sp³-hybridized carbons (Fsp3) is 0.440. The molecule has 1 atom stereocenters. The fourth-order valence-electron chi connectivity index (χ4n) is 2.56. The summed E-state index contributed by atoms with van der Waals surface area (Å²) in [5.41, 5.74) is 2.83. The predicted octanol–water partition coefficient (Wildman–Crippen LogP) is 4.94. The van der Waals surface area contributed by atoms with Crippen LogP contribution in [0.4, 0.5) is 0 Å². The van der Waals surface area contributed by atoms with Crippen LogP contribution in [0.15, 0.2) is 48.5 Å². The minimum absolute atomic E-state index is 0.0247. The maximum atomic E-state index is 12.3. The summed E-state index contributed by atoms with van der Waals surface area (Å²) in [6.07, 6.45) is -0.283. The largest absolute Gasteiger partial charge is 0.458 e. The van der Waals surface area contributed by atoms with E-state index in [1.54, 1.807) is 31.2 Å². The minimum atomic E-state index is -0.570. The second-order valence-electron chi connectivity index (χ2n) is 7.93. The van der Waals surface area contributed by atoms with Crippen LogP contribution in [0.5, 0.6) is 0 Å². The molecule has 0 aliphatic carbocycles. The van der Waals surface area contributed by atoms with Gasteiger partial charge in [-0.05, 0) is 70.0 Å². The Hall–Kier alpha value is -2.70. The summed E-state index contributed by atoms with van der Waals surface area (Å²) < 4.78 is 21.7. The fourth-order valence-corrected chi connectivity index (χ4v) is 2.56. The van der Waals surface area contributed by atoms with Crippen LogP contribution in [0, 0.1) is 0 Å². The molecule has 6 heteroatoms. The number of hydrogen-bond donors (Lipinski definition) is 0. The lowest BCUT2D eigenvalue weighted by atomic mass is 10.1. The molecule has 168 valence electrons. The zero-order valence-electron chi connectivity index (χ0n) is 18.9. The van der Waals surface area contributed by atoms with E-state index in [0.29, 0.717) is 24.3 Å². The lowest BCUT2D eigenvalue weighted by molar-refractivity contribution is 0.00446. The predicted molar refractivity (Wildman–Crippen MR) is 118 cm³/mol. The average molecular weight is 429 g/mol. The summed E-state index contributed by atoms with van der Waals surface area (Å²) in [7, 11) is 0. The van der Waals surface area contributed by atoms with E-state index in [2.05, 4.69) is 0 Å². The van der Waals surface area contributed by atoms with E-state index in [-0.39, 0.29) is 18.8 Å². The molecule has 0 amide bonds. The van der Waals surface area contributed by atoms with Gasteiger partial charge in [-0.15, -0.1) is 0 Å². The summed E-state index contributed by atoms with van der Waals surface area (Å²) in [5, 5.41) is 0. The maximum absolute atomic E-state index is 12.3. The van der Waals surface area contributed by atoms with Crippen LogP contribution in [0.3, 0.4) is 0 Å². The van der Waals surface area contributed by atoms with Crippen LogP contribution in [0.2, 0.25) is 0 Å². The normalized spacial score (nSPS) is 12.1. The molecule has 2 aromatic rings. The first-order valence-corrected chi connectivity index (χ1v) is 10.5. The third-order valence-corrected chi connectivity index (χ3v) is 4.30. The molecule has 0 N–H and O–H groups in total. The number of carbonyl (C=O) groups excluding carboxylic acids is 2. The molecular formula is C25H32O6. The van der Waals surface area contributed by atoms with Crippen molar-refractivity contribution in [2.45, 2.75) is 66.1 Å². The molecule has 0 saturated heterocycles. The number of benzene rings is 2. The van der Waals surface area contributed by atoms with E-state index in [9.17, 15) is 9.59 Å². The van der Waals surface area contributed by atoms with Gasteiger partial charge in [0.1, 0.15) is 12.7 Å². The van der Waals surface area contributed by atoms with E-state index < -0.39 is 18.0 Å². The van der Waals surface area contributed by atoms with Crippen molar-refractivity contribution in [3.63, 3.8) is 0 Å². The van der Waals surface area contributed by atoms with Gasteiger partial charge in [-0.3, -0.25) is 0 Å². The standard InChI is InChI=1S/C25H32O6/c1-17(2)28-15-20-6-10-22(11-7-20)24(26)30-14-19(5)31-25(27)23-12-8-21(9-13-23)16-29-18(3)4/h6-13,17-19H,14-16H2,1-5H3. The Kier molecular flexibility index (Phi) is 9.69. The molecule has 0 aliphatic rings. The first kappa shape index (κ1) is 24.6. The van der Waals surface area contributed by atoms with Gasteiger partial charge in [-0.2, -0.15) is 0 Å². The number of hydrogen-bond acceptors (Lipinski definition) is 6. The van der Waals surface area contributed by atoms with E-state index in [4.69, 9.17) is 18.9 Å². The maximum Gasteiger partial charge on any atom is 0.338 e. The Morgan fingerprint density at radius 1 is 0.677 bits per heavy atom. The summed E-state index contributed by atoms with van der Waals surface area (Å²) in [5.74, 6) is -0.928. The smallest absolute Gasteiger partial charge is 0.338 e. The van der Waals surface area contributed by atoms with Gasteiger partial charge >= 0.3 is 11.9 Å². The Morgan fingerprint density at radius 2 is 1.10 bits per heavy atom. The second-order valence-corrected chi connectivity index (χ2v) is 7.93. The number of ether oxygens (including phenoxy) is 4. The molecule has 0 saturated carbocycles. The monoisotopic (exact) mass is 428 g/mol. The summed E-state index contributed by atoms with van der Waals surface area (Å²) in [6.45, 7) is 10.5. The van der Waals surface area contributed by atoms with Crippen molar-refractivity contribution in [2.75, 3.05) is 6.61 Å². The quantitative estimate of drug-likeness (QED) is 0.472. The van der Waals surface area contributed by atoms with Crippen molar-refractivity contribution in [1.29, 1.82) is 0 Å². The molecule has 2 rings (SSSR count). The Bertz CT molecular complexity index is 824. The third-order valence-electron chi connectivity index (χ3n) is 4.30. The molecule has 0 aliphatic heterocycles. The summed E-state index contributed by atoms with van der Waals surface area (Å²) in [6, 6.07) is 14.1. The third kappa shape index (κ3) is 8.90.